The van der Waals surface area contributed by atoms with Crippen LogP contribution in [0.3, 0.4) is 0 Å². The summed E-state index contributed by atoms with van der Waals surface area (Å²) in [6.45, 7) is 4.17. The van der Waals surface area contributed by atoms with E-state index in [2.05, 4.69) is 15.5 Å². The van der Waals surface area contributed by atoms with Gasteiger partial charge in [-0.3, -0.25) is 4.79 Å². The maximum atomic E-state index is 12.0. The normalized spacial score (nSPS) is 11.9. The van der Waals surface area contributed by atoms with Crippen molar-refractivity contribution in [1.29, 1.82) is 0 Å². The van der Waals surface area contributed by atoms with Gasteiger partial charge in [-0.05, 0) is 19.4 Å². The molecule has 0 aliphatic rings. The summed E-state index contributed by atoms with van der Waals surface area (Å²) in [5, 5.41) is 6.77. The number of hydrogen-bond acceptors (Lipinski definition) is 5. The Labute approximate surface area is 152 Å². The zero-order valence-electron chi connectivity index (χ0n) is 14.8. The van der Waals surface area contributed by atoms with E-state index in [9.17, 15) is 4.79 Å². The van der Waals surface area contributed by atoms with Crippen LogP contribution >= 0.6 is 0 Å². The number of ether oxygens (including phenoxy) is 1. The van der Waals surface area contributed by atoms with E-state index >= 15 is 0 Å². The zero-order chi connectivity index (χ0) is 18.4. The highest BCUT2D eigenvalue weighted by molar-refractivity contribution is 5.77. The van der Waals surface area contributed by atoms with Crippen molar-refractivity contribution in [2.75, 3.05) is 6.61 Å². The minimum absolute atomic E-state index is 0.0296. The van der Waals surface area contributed by atoms with Gasteiger partial charge in [0.15, 0.2) is 0 Å². The largest absolute Gasteiger partial charge is 0.367 e. The third-order valence-electron chi connectivity index (χ3n) is 3.84. The van der Waals surface area contributed by atoms with Gasteiger partial charge in [-0.25, -0.2) is 0 Å². The first-order valence-electron chi connectivity index (χ1n) is 8.43. The SMILES string of the molecule is Cc1ccc(-c2noc([C@@H](C)NC(=O)COCc3ccccc3)n2)cc1. The van der Waals surface area contributed by atoms with Crippen LogP contribution in [0, 0.1) is 6.92 Å². The predicted octanol–water partition coefficient (Wildman–Crippen LogP) is 3.44. The van der Waals surface area contributed by atoms with Crippen LogP contribution in [-0.4, -0.2) is 22.7 Å². The van der Waals surface area contributed by atoms with E-state index in [0.717, 1.165) is 16.7 Å². The Morgan fingerprint density at radius 3 is 2.62 bits per heavy atom. The number of nitrogens with zero attached hydrogens (tertiary/aromatic N) is 2. The highest BCUT2D eigenvalue weighted by atomic mass is 16.5. The number of rotatable bonds is 7. The maximum Gasteiger partial charge on any atom is 0.249 e. The number of nitrogens with one attached hydrogen (secondary N) is 1. The number of aryl methyl sites for hydroxylation is 1. The summed E-state index contributed by atoms with van der Waals surface area (Å²) in [6.07, 6.45) is 0. The van der Waals surface area contributed by atoms with Crippen LogP contribution in [0.1, 0.15) is 30.0 Å². The Bertz CT molecular complexity index is 844. The second-order valence-corrected chi connectivity index (χ2v) is 6.09. The summed E-state index contributed by atoms with van der Waals surface area (Å²) < 4.78 is 10.7. The molecule has 1 heterocycles. The van der Waals surface area contributed by atoms with Gasteiger partial charge in [0.05, 0.1) is 6.61 Å². The molecule has 26 heavy (non-hydrogen) atoms. The lowest BCUT2D eigenvalue weighted by Gasteiger charge is -2.10. The van der Waals surface area contributed by atoms with Crippen molar-refractivity contribution < 1.29 is 14.1 Å². The molecule has 3 rings (SSSR count). The summed E-state index contributed by atoms with van der Waals surface area (Å²) in [6, 6.07) is 17.2. The third kappa shape index (κ3) is 4.77. The Morgan fingerprint density at radius 2 is 1.88 bits per heavy atom. The minimum Gasteiger partial charge on any atom is -0.367 e. The number of amides is 1. The van der Waals surface area contributed by atoms with Crippen LogP contribution in [0.15, 0.2) is 59.1 Å². The molecule has 1 atom stereocenters. The molecule has 0 radical (unpaired) electrons. The molecule has 0 fully saturated rings. The molecule has 6 heteroatoms. The lowest BCUT2D eigenvalue weighted by molar-refractivity contribution is -0.126. The van der Waals surface area contributed by atoms with Crippen LogP contribution in [0.2, 0.25) is 0 Å². The van der Waals surface area contributed by atoms with Crippen LogP contribution < -0.4 is 5.32 Å². The number of hydrogen-bond donors (Lipinski definition) is 1. The molecule has 0 bridgehead atoms. The first-order valence-corrected chi connectivity index (χ1v) is 8.43. The van der Waals surface area contributed by atoms with E-state index in [-0.39, 0.29) is 12.5 Å². The highest BCUT2D eigenvalue weighted by Crippen LogP contribution is 2.19. The van der Waals surface area contributed by atoms with Crippen molar-refractivity contribution in [3.63, 3.8) is 0 Å². The monoisotopic (exact) mass is 351 g/mol. The fraction of sp³-hybridized carbons (Fsp3) is 0.250. The first-order chi connectivity index (χ1) is 12.6. The molecule has 2 aromatic carbocycles. The van der Waals surface area contributed by atoms with E-state index in [0.29, 0.717) is 18.3 Å². The lowest BCUT2D eigenvalue weighted by Crippen LogP contribution is -2.30. The zero-order valence-corrected chi connectivity index (χ0v) is 14.8. The molecule has 0 aliphatic heterocycles. The number of carbonyl (C=O) groups excluding carboxylic acids is 1. The van der Waals surface area contributed by atoms with Gasteiger partial charge in [0.25, 0.3) is 0 Å². The van der Waals surface area contributed by atoms with Crippen LogP contribution in [-0.2, 0) is 16.1 Å². The Kier molecular flexibility index (Phi) is 5.76. The topological polar surface area (TPSA) is 77.2 Å². The minimum atomic E-state index is -0.394. The summed E-state index contributed by atoms with van der Waals surface area (Å²) in [4.78, 5) is 16.4. The summed E-state index contributed by atoms with van der Waals surface area (Å²) in [7, 11) is 0. The molecule has 0 saturated carbocycles. The van der Waals surface area contributed by atoms with Crippen LogP contribution in [0.4, 0.5) is 0 Å². The van der Waals surface area contributed by atoms with E-state index in [1.54, 1.807) is 6.92 Å². The molecule has 3 aromatic rings. The second-order valence-electron chi connectivity index (χ2n) is 6.09. The summed E-state index contributed by atoms with van der Waals surface area (Å²) >= 11 is 0. The number of aromatic nitrogens is 2. The summed E-state index contributed by atoms with van der Waals surface area (Å²) in [5.41, 5.74) is 3.05. The molecule has 1 aromatic heterocycles. The second kappa shape index (κ2) is 8.40. The predicted molar refractivity (Wildman–Crippen MR) is 97.1 cm³/mol. The van der Waals surface area contributed by atoms with Gasteiger partial charge < -0.3 is 14.6 Å². The van der Waals surface area contributed by atoms with Crippen molar-refractivity contribution in [2.24, 2.45) is 0 Å². The molecule has 0 unspecified atom stereocenters. The van der Waals surface area contributed by atoms with Crippen LogP contribution in [0.25, 0.3) is 11.4 Å². The first kappa shape index (κ1) is 17.8. The van der Waals surface area contributed by atoms with Gasteiger partial charge in [-0.15, -0.1) is 0 Å². The van der Waals surface area contributed by atoms with Gasteiger partial charge in [0.1, 0.15) is 12.6 Å². The average molecular weight is 351 g/mol. The number of carbonyl (C=O) groups is 1. The molecular formula is C20H21N3O3. The standard InChI is InChI=1S/C20H21N3O3/c1-14-8-10-17(11-9-14)19-22-20(26-23-19)15(2)21-18(24)13-25-12-16-6-4-3-5-7-16/h3-11,15H,12-13H2,1-2H3,(H,21,24)/t15-/m1/s1. The van der Waals surface area contributed by atoms with Crippen molar-refractivity contribution in [3.05, 3.63) is 71.6 Å². The van der Waals surface area contributed by atoms with Gasteiger partial charge in [-0.2, -0.15) is 4.98 Å². The maximum absolute atomic E-state index is 12.0. The van der Waals surface area contributed by atoms with E-state index in [1.807, 2.05) is 61.5 Å². The molecule has 1 amide bonds. The highest BCUT2D eigenvalue weighted by Gasteiger charge is 2.17. The van der Waals surface area contributed by atoms with Gasteiger partial charge >= 0.3 is 0 Å². The molecule has 134 valence electrons. The molecular weight excluding hydrogens is 330 g/mol. The number of benzene rings is 2. The Balaban J connectivity index is 1.50. The smallest absolute Gasteiger partial charge is 0.249 e. The van der Waals surface area contributed by atoms with Gasteiger partial charge in [0.2, 0.25) is 17.6 Å². The van der Waals surface area contributed by atoms with E-state index in [1.165, 1.54) is 0 Å². The third-order valence-corrected chi connectivity index (χ3v) is 3.84. The molecule has 0 saturated heterocycles. The van der Waals surface area contributed by atoms with Gasteiger partial charge in [0, 0.05) is 5.56 Å². The van der Waals surface area contributed by atoms with E-state index < -0.39 is 6.04 Å². The quantitative estimate of drug-likeness (QED) is 0.705. The van der Waals surface area contributed by atoms with Crippen molar-refractivity contribution >= 4 is 5.91 Å². The Morgan fingerprint density at radius 1 is 1.15 bits per heavy atom. The fourth-order valence-electron chi connectivity index (χ4n) is 2.41. The van der Waals surface area contributed by atoms with E-state index in [4.69, 9.17) is 9.26 Å². The molecule has 1 N–H and O–H groups in total. The van der Waals surface area contributed by atoms with Crippen molar-refractivity contribution in [1.82, 2.24) is 15.5 Å². The Hall–Kier alpha value is -2.99. The lowest BCUT2D eigenvalue weighted by atomic mass is 10.1. The molecule has 6 nitrogen and oxygen atoms in total. The van der Waals surface area contributed by atoms with Crippen LogP contribution in [0.5, 0.6) is 0 Å². The fourth-order valence-corrected chi connectivity index (χ4v) is 2.41. The van der Waals surface area contributed by atoms with Gasteiger partial charge in [-0.1, -0.05) is 65.3 Å². The summed E-state index contributed by atoms with van der Waals surface area (Å²) in [5.74, 6) is 0.627. The van der Waals surface area contributed by atoms with Crippen molar-refractivity contribution in [3.8, 4) is 11.4 Å². The molecule has 0 aliphatic carbocycles. The molecule has 0 spiro atoms. The average Bonchev–Trinajstić information content (AvgIpc) is 3.13. The van der Waals surface area contributed by atoms with Crippen molar-refractivity contribution in [2.45, 2.75) is 26.5 Å².